The molecule has 0 unspecified atom stereocenters. The molecule has 4 rings (SSSR count). The Morgan fingerprint density at radius 2 is 1.96 bits per heavy atom. The zero-order valence-corrected chi connectivity index (χ0v) is 14.5. The van der Waals surface area contributed by atoms with Gasteiger partial charge in [0.1, 0.15) is 17.2 Å². The summed E-state index contributed by atoms with van der Waals surface area (Å²) in [5.41, 5.74) is -1.36. The van der Waals surface area contributed by atoms with Crippen LogP contribution in [0.1, 0.15) is 10.4 Å². The van der Waals surface area contributed by atoms with Crippen LogP contribution in [-0.2, 0) is 0 Å². The third kappa shape index (κ3) is 3.07. The number of carbonyl (C=O) groups is 1. The molecule has 1 saturated heterocycles. The van der Waals surface area contributed by atoms with E-state index in [1.807, 2.05) is 0 Å². The lowest BCUT2D eigenvalue weighted by Crippen LogP contribution is -2.44. The van der Waals surface area contributed by atoms with E-state index >= 15 is 0 Å². The smallest absolute Gasteiger partial charge is 0.341 e. The largest absolute Gasteiger partial charge is 0.477 e. The molecule has 2 N–H and O–H groups in total. The van der Waals surface area contributed by atoms with Gasteiger partial charge < -0.3 is 15.3 Å². The molecule has 10 heteroatoms. The molecular formula is C18H15F2N5O3. The Morgan fingerprint density at radius 1 is 1.21 bits per heavy atom. The van der Waals surface area contributed by atoms with Gasteiger partial charge in [-0.05, 0) is 18.2 Å². The number of piperazine rings is 1. The normalized spacial score (nSPS) is 14.4. The maximum Gasteiger partial charge on any atom is 0.341 e. The summed E-state index contributed by atoms with van der Waals surface area (Å²) in [7, 11) is 0. The highest BCUT2D eigenvalue weighted by molar-refractivity contribution is 5.92. The number of nitrogens with one attached hydrogen (secondary N) is 1. The SMILES string of the molecule is O=C(O)c1cn(-c2ccc(F)cn2)c2nc(N3CCNCC3)c(F)cc2c1=O. The van der Waals surface area contributed by atoms with Gasteiger partial charge in [-0.15, -0.1) is 0 Å². The van der Waals surface area contributed by atoms with E-state index in [9.17, 15) is 23.5 Å². The van der Waals surface area contributed by atoms with Gasteiger partial charge in [0.2, 0.25) is 5.43 Å². The van der Waals surface area contributed by atoms with Crippen LogP contribution in [0.5, 0.6) is 0 Å². The summed E-state index contributed by atoms with van der Waals surface area (Å²) < 4.78 is 29.2. The molecule has 0 atom stereocenters. The highest BCUT2D eigenvalue weighted by Crippen LogP contribution is 2.23. The van der Waals surface area contributed by atoms with Crippen LogP contribution < -0.4 is 15.6 Å². The number of hydrogen-bond donors (Lipinski definition) is 2. The van der Waals surface area contributed by atoms with Gasteiger partial charge in [-0.1, -0.05) is 0 Å². The first kappa shape index (κ1) is 18.0. The second-order valence-corrected chi connectivity index (χ2v) is 6.28. The number of rotatable bonds is 3. The van der Waals surface area contributed by atoms with E-state index in [4.69, 9.17) is 0 Å². The first-order valence-corrected chi connectivity index (χ1v) is 8.52. The number of halogens is 2. The maximum atomic E-state index is 14.7. The van der Waals surface area contributed by atoms with Crippen molar-refractivity contribution in [2.75, 3.05) is 31.1 Å². The van der Waals surface area contributed by atoms with Gasteiger partial charge in [0.15, 0.2) is 17.3 Å². The zero-order chi connectivity index (χ0) is 19.8. The lowest BCUT2D eigenvalue weighted by molar-refractivity contribution is 0.0695. The molecule has 0 radical (unpaired) electrons. The number of aromatic carboxylic acids is 1. The average molecular weight is 387 g/mol. The van der Waals surface area contributed by atoms with Gasteiger partial charge in [0, 0.05) is 32.4 Å². The predicted molar refractivity (Wildman–Crippen MR) is 97.1 cm³/mol. The molecule has 0 amide bonds. The minimum absolute atomic E-state index is 0.0454. The highest BCUT2D eigenvalue weighted by atomic mass is 19.1. The molecule has 0 aliphatic carbocycles. The number of hydrogen-bond acceptors (Lipinski definition) is 6. The number of fused-ring (bicyclic) bond motifs is 1. The first-order chi connectivity index (χ1) is 13.5. The molecule has 28 heavy (non-hydrogen) atoms. The number of aromatic nitrogens is 3. The number of pyridine rings is 3. The second kappa shape index (κ2) is 6.97. The van der Waals surface area contributed by atoms with Gasteiger partial charge in [-0.25, -0.2) is 23.5 Å². The molecule has 1 fully saturated rings. The van der Waals surface area contributed by atoms with Crippen LogP contribution in [0.15, 0.2) is 35.4 Å². The van der Waals surface area contributed by atoms with Crippen molar-refractivity contribution in [3.63, 3.8) is 0 Å². The monoisotopic (exact) mass is 387 g/mol. The van der Waals surface area contributed by atoms with E-state index < -0.39 is 28.6 Å². The van der Waals surface area contributed by atoms with Crippen molar-refractivity contribution in [1.82, 2.24) is 19.9 Å². The van der Waals surface area contributed by atoms with Crippen LogP contribution in [0, 0.1) is 11.6 Å². The molecular weight excluding hydrogens is 372 g/mol. The summed E-state index contributed by atoms with van der Waals surface area (Å²) in [6, 6.07) is 3.46. The molecule has 0 aromatic carbocycles. The van der Waals surface area contributed by atoms with Gasteiger partial charge in [-0.3, -0.25) is 9.36 Å². The summed E-state index contributed by atoms with van der Waals surface area (Å²) in [6.07, 6.45) is 2.03. The van der Waals surface area contributed by atoms with E-state index in [-0.39, 0.29) is 22.7 Å². The van der Waals surface area contributed by atoms with Crippen molar-refractivity contribution < 1.29 is 18.7 Å². The quantitative estimate of drug-likeness (QED) is 0.696. The van der Waals surface area contributed by atoms with Crippen molar-refractivity contribution in [2.45, 2.75) is 0 Å². The van der Waals surface area contributed by atoms with Crippen LogP contribution in [0.3, 0.4) is 0 Å². The van der Waals surface area contributed by atoms with Crippen LogP contribution >= 0.6 is 0 Å². The lowest BCUT2D eigenvalue weighted by Gasteiger charge is -2.29. The topological polar surface area (TPSA) is 100 Å². The molecule has 0 spiro atoms. The molecule has 3 aromatic heterocycles. The van der Waals surface area contributed by atoms with E-state index in [0.29, 0.717) is 26.2 Å². The number of carboxylic acid groups (broad SMARTS) is 1. The molecule has 144 valence electrons. The minimum atomic E-state index is -1.46. The fraction of sp³-hybridized carbons (Fsp3) is 0.222. The summed E-state index contributed by atoms with van der Waals surface area (Å²) in [5.74, 6) is -2.54. The van der Waals surface area contributed by atoms with Gasteiger partial charge in [0.25, 0.3) is 0 Å². The van der Waals surface area contributed by atoms with Gasteiger partial charge in [0.05, 0.1) is 11.6 Å². The minimum Gasteiger partial charge on any atom is -0.477 e. The lowest BCUT2D eigenvalue weighted by atomic mass is 10.1. The van der Waals surface area contributed by atoms with Crippen molar-refractivity contribution in [2.24, 2.45) is 0 Å². The summed E-state index contributed by atoms with van der Waals surface area (Å²) in [6.45, 7) is 2.37. The number of carboxylic acids is 1. The third-order valence-corrected chi connectivity index (χ3v) is 4.52. The number of anilines is 1. The zero-order valence-electron chi connectivity index (χ0n) is 14.5. The summed E-state index contributed by atoms with van der Waals surface area (Å²) >= 11 is 0. The predicted octanol–water partition coefficient (Wildman–Crippen LogP) is 1.17. The fourth-order valence-electron chi connectivity index (χ4n) is 3.15. The van der Waals surface area contributed by atoms with E-state index in [2.05, 4.69) is 15.3 Å². The Kier molecular flexibility index (Phi) is 4.47. The van der Waals surface area contributed by atoms with Crippen LogP contribution in [0.2, 0.25) is 0 Å². The standard InChI is InChI=1S/C18H15F2N5O3/c19-10-1-2-14(22-8-10)25-9-12(18(27)28)15(26)11-7-13(20)17(23-16(11)25)24-5-3-21-4-6-24/h1-2,7-9,21H,3-6H2,(H,27,28). The van der Waals surface area contributed by atoms with Crippen LogP contribution in [0.4, 0.5) is 14.6 Å². The molecule has 1 aliphatic rings. The molecule has 0 bridgehead atoms. The van der Waals surface area contributed by atoms with Crippen molar-refractivity contribution in [1.29, 1.82) is 0 Å². The first-order valence-electron chi connectivity index (χ1n) is 8.52. The van der Waals surface area contributed by atoms with Crippen LogP contribution in [-0.4, -0.2) is 51.8 Å². The molecule has 0 saturated carbocycles. The van der Waals surface area contributed by atoms with Gasteiger partial charge in [-0.2, -0.15) is 0 Å². The van der Waals surface area contributed by atoms with Crippen LogP contribution in [0.25, 0.3) is 16.9 Å². The maximum absolute atomic E-state index is 14.7. The molecule has 8 nitrogen and oxygen atoms in total. The third-order valence-electron chi connectivity index (χ3n) is 4.52. The van der Waals surface area contributed by atoms with E-state index in [1.165, 1.54) is 10.6 Å². The number of nitrogens with zero attached hydrogens (tertiary/aromatic N) is 4. The van der Waals surface area contributed by atoms with Crippen molar-refractivity contribution in [3.8, 4) is 5.82 Å². The average Bonchev–Trinajstić information content (AvgIpc) is 2.69. The summed E-state index contributed by atoms with van der Waals surface area (Å²) in [4.78, 5) is 34.0. The van der Waals surface area contributed by atoms with Crippen molar-refractivity contribution >= 4 is 22.8 Å². The molecule has 4 heterocycles. The highest BCUT2D eigenvalue weighted by Gasteiger charge is 2.22. The van der Waals surface area contributed by atoms with Crippen molar-refractivity contribution in [3.05, 3.63) is 58.0 Å². The fourth-order valence-corrected chi connectivity index (χ4v) is 3.15. The van der Waals surface area contributed by atoms with E-state index in [1.54, 1.807) is 4.90 Å². The molecule has 3 aromatic rings. The van der Waals surface area contributed by atoms with E-state index in [0.717, 1.165) is 24.5 Å². The second-order valence-electron chi connectivity index (χ2n) is 6.28. The Morgan fingerprint density at radius 3 is 2.61 bits per heavy atom. The van der Waals surface area contributed by atoms with Gasteiger partial charge >= 0.3 is 5.97 Å². The Hall–Kier alpha value is -3.40. The Balaban J connectivity index is 2.01. The summed E-state index contributed by atoms with van der Waals surface area (Å²) in [5, 5.41) is 12.3. The Labute approximate surface area is 157 Å². The Bertz CT molecular complexity index is 1120. The molecule has 1 aliphatic heterocycles.